The summed E-state index contributed by atoms with van der Waals surface area (Å²) in [5.74, 6) is -4.07. The molecule has 3 aliphatic rings. The Morgan fingerprint density at radius 2 is 1.41 bits per heavy atom. The van der Waals surface area contributed by atoms with E-state index in [0.29, 0.717) is 35.7 Å². The second-order valence-electron chi connectivity index (χ2n) is 23.1. The molecule has 1 saturated carbocycles. The molecule has 1 aliphatic carbocycles. The minimum atomic E-state index is -1.31. The molecule has 2 aromatic carbocycles. The molecule has 7 atom stereocenters. The van der Waals surface area contributed by atoms with Crippen molar-refractivity contribution in [3.8, 4) is 6.01 Å². The Bertz CT molecular complexity index is 2840. The lowest BCUT2D eigenvalue weighted by Gasteiger charge is -2.41. The second kappa shape index (κ2) is 25.7. The fourth-order valence-electron chi connectivity index (χ4n) is 11.5. The lowest BCUT2D eigenvalue weighted by Crippen LogP contribution is -2.62. The van der Waals surface area contributed by atoms with Crippen LogP contribution >= 0.6 is 0 Å². The maximum absolute atomic E-state index is 15.6. The van der Waals surface area contributed by atoms with Gasteiger partial charge in [0.15, 0.2) is 0 Å². The van der Waals surface area contributed by atoms with E-state index in [0.717, 1.165) is 48.6 Å². The standard InChI is InChI=1S/C59H81FN10O8/c1-11-59(7,8)70-33-41(42-20-15-16-21-47(42)70)31-46-56(76)68(10)49(26-35(2)3)53(73)63-45(30-39-23-24-43-40(28-39)32-61-58(66-43)78-34-60)51(71)62-37(6)55(75)67(9)48-22-17-25-69(57(48)77)50(27-36(4)5)54(74)64-44(52(72)65-46)29-38-18-13-12-14-19-38/h11,15-16,20-21,23-24,28,32-33,35-38,44-46,48-50H,1,12-14,17-19,22,25-27,29-31,34H2,2-10H3,(H,62,71)(H,63,73)(H,64,74)(H,65,72)/t37-,44-,45-,46-,48-,49-,50-/m0/s1. The zero-order valence-electron chi connectivity index (χ0n) is 47.0. The summed E-state index contributed by atoms with van der Waals surface area (Å²) in [5, 5.41) is 13.4. The Kier molecular flexibility index (Phi) is 19.4. The first-order chi connectivity index (χ1) is 37.1. The number of benzene rings is 2. The predicted molar refractivity (Wildman–Crippen MR) is 296 cm³/mol. The van der Waals surface area contributed by atoms with Crippen LogP contribution in [0.4, 0.5) is 4.39 Å². The predicted octanol–water partition coefficient (Wildman–Crippen LogP) is 6.28. The number of allylic oxidation sites excluding steroid dienone is 1. The molecule has 7 rings (SSSR count). The highest BCUT2D eigenvalue weighted by Gasteiger charge is 2.43. The summed E-state index contributed by atoms with van der Waals surface area (Å²) in [6.07, 6.45) is 11.5. The molecule has 4 N–H and O–H groups in total. The number of alkyl halides is 1. The van der Waals surface area contributed by atoms with Crippen LogP contribution in [0.25, 0.3) is 21.8 Å². The van der Waals surface area contributed by atoms with Crippen molar-refractivity contribution < 1.29 is 42.7 Å². The molecule has 422 valence electrons. The summed E-state index contributed by atoms with van der Waals surface area (Å²) in [5.41, 5.74) is 2.11. The molecule has 4 aromatic rings. The number of aromatic nitrogens is 3. The maximum Gasteiger partial charge on any atom is 0.319 e. The molecule has 7 amide bonds. The average Bonchev–Trinajstić information content (AvgIpc) is 3.95. The SMILES string of the molecule is C=CC(C)(C)n1cc(C[C@@H]2NC(=O)[C@H](CC3CCCCC3)NC(=O)[C@H](CC(C)C)N3CCC[C@@H](C3=O)N(C)C(=O)[C@H](C)NC(=O)[C@H](Cc3ccc4nc(OCF)ncc4c3)NC(=O)[C@H](CC(C)C)N(C)C2=O)c2ccccc21. The molecule has 2 saturated heterocycles. The van der Waals surface area contributed by atoms with E-state index in [1.54, 1.807) is 18.2 Å². The van der Waals surface area contributed by atoms with Crippen LogP contribution in [-0.2, 0) is 51.9 Å². The van der Waals surface area contributed by atoms with Gasteiger partial charge in [0.1, 0.15) is 42.3 Å². The van der Waals surface area contributed by atoms with E-state index in [1.807, 2.05) is 78.1 Å². The topological polar surface area (TPSA) is 217 Å². The first kappa shape index (κ1) is 58.8. The number of nitrogens with one attached hydrogen (secondary N) is 4. The van der Waals surface area contributed by atoms with Crippen molar-refractivity contribution in [3.63, 3.8) is 0 Å². The Morgan fingerprint density at radius 1 is 0.756 bits per heavy atom. The van der Waals surface area contributed by atoms with Gasteiger partial charge in [-0.15, -0.1) is 6.58 Å². The van der Waals surface area contributed by atoms with Gasteiger partial charge in [0.05, 0.1) is 11.1 Å². The highest BCUT2D eigenvalue weighted by atomic mass is 19.1. The van der Waals surface area contributed by atoms with Crippen LogP contribution in [0.2, 0.25) is 0 Å². The Labute approximate surface area is 458 Å². The Hall–Kier alpha value is -6.92. The van der Waals surface area contributed by atoms with Crippen molar-refractivity contribution >= 4 is 63.2 Å². The number of carbonyl (C=O) groups excluding carboxylic acids is 7. The quantitative estimate of drug-likeness (QED) is 0.104. The zero-order valence-corrected chi connectivity index (χ0v) is 47.0. The molecule has 2 bridgehead atoms. The number of carbonyl (C=O) groups is 7. The van der Waals surface area contributed by atoms with Gasteiger partial charge < -0.3 is 45.3 Å². The van der Waals surface area contributed by atoms with Gasteiger partial charge in [0.25, 0.3) is 0 Å². The Morgan fingerprint density at radius 3 is 2.10 bits per heavy atom. The summed E-state index contributed by atoms with van der Waals surface area (Å²) >= 11 is 0. The van der Waals surface area contributed by atoms with Crippen LogP contribution in [0, 0.1) is 17.8 Å². The number of likely N-dealkylation sites (N-methyl/N-ethyl adjacent to an activating group) is 2. The van der Waals surface area contributed by atoms with Gasteiger partial charge in [-0.05, 0) is 100.0 Å². The maximum atomic E-state index is 15.6. The molecule has 78 heavy (non-hydrogen) atoms. The highest BCUT2D eigenvalue weighted by Crippen LogP contribution is 2.32. The number of amides is 7. The number of hydrogen-bond donors (Lipinski definition) is 4. The molecule has 19 heteroatoms. The molecule has 0 spiro atoms. The van der Waals surface area contributed by atoms with E-state index in [1.165, 1.54) is 41.9 Å². The van der Waals surface area contributed by atoms with Crippen LogP contribution < -0.4 is 26.0 Å². The van der Waals surface area contributed by atoms with Gasteiger partial charge in [0, 0.05) is 62.2 Å². The van der Waals surface area contributed by atoms with E-state index in [9.17, 15) is 23.6 Å². The number of fused-ring (bicyclic) bond motifs is 4. The molecule has 2 aromatic heterocycles. The van der Waals surface area contributed by atoms with Crippen molar-refractivity contribution in [1.29, 1.82) is 0 Å². The van der Waals surface area contributed by atoms with E-state index in [-0.39, 0.29) is 56.0 Å². The number of piperidine rings is 1. The van der Waals surface area contributed by atoms with Crippen molar-refractivity contribution in [1.82, 2.24) is 50.5 Å². The van der Waals surface area contributed by atoms with Crippen LogP contribution in [0.3, 0.4) is 0 Å². The third kappa shape index (κ3) is 13.8. The summed E-state index contributed by atoms with van der Waals surface area (Å²) in [4.78, 5) is 117. The second-order valence-corrected chi connectivity index (χ2v) is 23.1. The lowest BCUT2D eigenvalue weighted by atomic mass is 9.84. The van der Waals surface area contributed by atoms with Crippen LogP contribution in [0.5, 0.6) is 6.01 Å². The van der Waals surface area contributed by atoms with E-state index < -0.39 is 96.0 Å². The van der Waals surface area contributed by atoms with Gasteiger partial charge in [-0.1, -0.05) is 90.1 Å². The van der Waals surface area contributed by atoms with Crippen LogP contribution in [0.1, 0.15) is 124 Å². The van der Waals surface area contributed by atoms with Crippen molar-refractivity contribution in [2.24, 2.45) is 17.8 Å². The number of rotatable bonds is 14. The number of para-hydroxylation sites is 1. The summed E-state index contributed by atoms with van der Waals surface area (Å²) in [7, 11) is 3.03. The van der Waals surface area contributed by atoms with Gasteiger partial charge in [-0.25, -0.2) is 9.37 Å². The lowest BCUT2D eigenvalue weighted by molar-refractivity contribution is -0.153. The fourth-order valence-corrected chi connectivity index (χ4v) is 11.5. The third-order valence-corrected chi connectivity index (χ3v) is 15.9. The van der Waals surface area contributed by atoms with E-state index >= 15 is 14.4 Å². The van der Waals surface area contributed by atoms with Gasteiger partial charge in [-0.2, -0.15) is 4.98 Å². The fraction of sp³-hybridized carbons (Fsp3) is 0.576. The van der Waals surface area contributed by atoms with Crippen molar-refractivity contribution in [2.45, 2.75) is 173 Å². The van der Waals surface area contributed by atoms with E-state index in [2.05, 4.69) is 42.4 Å². The molecule has 2 aliphatic heterocycles. The Balaban J connectivity index is 1.34. The van der Waals surface area contributed by atoms with Crippen LogP contribution in [0.15, 0.2) is 67.5 Å². The zero-order chi connectivity index (χ0) is 56.6. The summed E-state index contributed by atoms with van der Waals surface area (Å²) < 4.78 is 19.9. The average molecular weight is 1080 g/mol. The molecule has 0 unspecified atom stereocenters. The summed E-state index contributed by atoms with van der Waals surface area (Å²) in [6.45, 7) is 16.5. The number of ether oxygens (including phenoxy) is 1. The van der Waals surface area contributed by atoms with E-state index in [4.69, 9.17) is 4.74 Å². The van der Waals surface area contributed by atoms with Crippen molar-refractivity contribution in [3.05, 3.63) is 78.6 Å². The van der Waals surface area contributed by atoms with Gasteiger partial charge in [-0.3, -0.25) is 33.6 Å². The number of nitrogens with zero attached hydrogens (tertiary/aromatic N) is 6. The minimum Gasteiger partial charge on any atom is -0.431 e. The van der Waals surface area contributed by atoms with Gasteiger partial charge >= 0.3 is 6.01 Å². The first-order valence-electron chi connectivity index (χ1n) is 27.8. The number of hydrogen-bond acceptors (Lipinski definition) is 10. The third-order valence-electron chi connectivity index (χ3n) is 15.9. The molecular formula is C59H81FN10O8. The highest BCUT2D eigenvalue weighted by molar-refractivity contribution is 5.99. The number of halogens is 1. The molecule has 18 nitrogen and oxygen atoms in total. The largest absolute Gasteiger partial charge is 0.431 e. The molecule has 3 fully saturated rings. The van der Waals surface area contributed by atoms with Crippen molar-refractivity contribution in [2.75, 3.05) is 27.5 Å². The smallest absolute Gasteiger partial charge is 0.319 e. The summed E-state index contributed by atoms with van der Waals surface area (Å²) in [6, 6.07) is 4.78. The van der Waals surface area contributed by atoms with Crippen LogP contribution in [-0.4, -0.2) is 140 Å². The van der Waals surface area contributed by atoms with Gasteiger partial charge in [0.2, 0.25) is 48.2 Å². The normalized spacial score (nSPS) is 24.3. The molecule has 4 heterocycles. The molecule has 0 radical (unpaired) electrons. The minimum absolute atomic E-state index is 0.00689. The monoisotopic (exact) mass is 1080 g/mol. The molecular weight excluding hydrogens is 996 g/mol. The first-order valence-corrected chi connectivity index (χ1v) is 27.8.